The molecule has 1 atom stereocenters. The van der Waals surface area contributed by atoms with Crippen molar-refractivity contribution in [2.24, 2.45) is 0 Å². The summed E-state index contributed by atoms with van der Waals surface area (Å²) in [7, 11) is 0. The van der Waals surface area contributed by atoms with Crippen molar-refractivity contribution in [2.75, 3.05) is 5.32 Å². The van der Waals surface area contributed by atoms with Crippen LogP contribution >= 0.6 is 22.7 Å². The van der Waals surface area contributed by atoms with Gasteiger partial charge in [0.15, 0.2) is 5.13 Å². The van der Waals surface area contributed by atoms with E-state index < -0.39 is 0 Å². The van der Waals surface area contributed by atoms with Crippen molar-refractivity contribution >= 4 is 43.4 Å². The number of hydrogen-bond donors (Lipinski definition) is 2. The molecule has 2 N–H and O–H groups in total. The minimum absolute atomic E-state index is 0.128. The summed E-state index contributed by atoms with van der Waals surface area (Å²) in [6.45, 7) is 1.95. The smallest absolute Gasteiger partial charge is 0.321 e. The minimum atomic E-state index is -0.264. The molecular formula is C18H15N5OS2. The first kappa shape index (κ1) is 16.6. The van der Waals surface area contributed by atoms with Crippen molar-refractivity contribution in [1.29, 1.82) is 0 Å². The zero-order valence-corrected chi connectivity index (χ0v) is 15.5. The van der Waals surface area contributed by atoms with E-state index in [1.54, 1.807) is 23.7 Å². The fourth-order valence-corrected chi connectivity index (χ4v) is 4.38. The highest BCUT2D eigenvalue weighted by molar-refractivity contribution is 7.39. The number of fused-ring (bicyclic) bond motifs is 1. The van der Waals surface area contributed by atoms with Crippen LogP contribution in [0, 0.1) is 0 Å². The van der Waals surface area contributed by atoms with Crippen LogP contribution in [0.25, 0.3) is 20.7 Å². The summed E-state index contributed by atoms with van der Waals surface area (Å²) in [5, 5.41) is 8.34. The maximum Gasteiger partial charge on any atom is 0.321 e. The van der Waals surface area contributed by atoms with Crippen LogP contribution < -0.4 is 10.6 Å². The summed E-state index contributed by atoms with van der Waals surface area (Å²) in [6, 6.07) is 9.54. The first-order valence-electron chi connectivity index (χ1n) is 7.96. The molecule has 4 rings (SSSR count). The van der Waals surface area contributed by atoms with E-state index in [4.69, 9.17) is 0 Å². The zero-order chi connectivity index (χ0) is 17.9. The molecule has 4 aromatic rings. The van der Waals surface area contributed by atoms with Gasteiger partial charge in [-0.05, 0) is 29.5 Å². The number of thiazole rings is 1. The number of amides is 2. The largest absolute Gasteiger partial charge is 0.331 e. The highest BCUT2D eigenvalue weighted by atomic mass is 32.2. The van der Waals surface area contributed by atoms with Gasteiger partial charge in [-0.2, -0.15) is 0 Å². The third-order valence-corrected chi connectivity index (χ3v) is 5.91. The number of urea groups is 1. The molecule has 0 spiro atoms. The number of carbonyl (C=O) groups excluding carboxylic acids is 1. The van der Waals surface area contributed by atoms with Crippen LogP contribution in [0.5, 0.6) is 0 Å². The second-order valence-corrected chi connectivity index (χ2v) is 7.86. The number of nitrogens with zero attached hydrogens (tertiary/aromatic N) is 3. The Morgan fingerprint density at radius 2 is 1.85 bits per heavy atom. The Bertz CT molecular complexity index is 998. The Kier molecular flexibility index (Phi) is 4.59. The van der Waals surface area contributed by atoms with Gasteiger partial charge in [-0.3, -0.25) is 5.32 Å². The zero-order valence-electron chi connectivity index (χ0n) is 13.8. The molecule has 0 fully saturated rings. The quantitative estimate of drug-likeness (QED) is 0.537. The normalized spacial score (nSPS) is 12.0. The lowest BCUT2D eigenvalue weighted by atomic mass is 10.0. The lowest BCUT2D eigenvalue weighted by Gasteiger charge is -2.14. The molecule has 2 amide bonds. The maximum atomic E-state index is 12.2. The molecule has 0 radical (unpaired) electrons. The Balaban J connectivity index is 1.40. The van der Waals surface area contributed by atoms with E-state index in [2.05, 4.69) is 25.6 Å². The molecule has 0 saturated carbocycles. The summed E-state index contributed by atoms with van der Waals surface area (Å²) < 4.78 is 1.11. The van der Waals surface area contributed by atoms with E-state index in [1.807, 2.05) is 42.6 Å². The summed E-state index contributed by atoms with van der Waals surface area (Å²) in [5.41, 5.74) is 3.93. The molecule has 3 aromatic heterocycles. The monoisotopic (exact) mass is 381 g/mol. The molecule has 0 aliphatic rings. The number of hydrogen-bond acceptors (Lipinski definition) is 6. The number of benzene rings is 1. The summed E-state index contributed by atoms with van der Waals surface area (Å²) >= 11 is 3.10. The number of anilines is 1. The van der Waals surface area contributed by atoms with Gasteiger partial charge in [0.2, 0.25) is 0 Å². The third-order valence-electron chi connectivity index (χ3n) is 3.89. The molecule has 0 aliphatic carbocycles. The van der Waals surface area contributed by atoms with Crippen molar-refractivity contribution in [3.8, 4) is 11.1 Å². The van der Waals surface area contributed by atoms with Gasteiger partial charge in [-0.25, -0.2) is 19.7 Å². The number of carbonyl (C=O) groups is 1. The first-order valence-corrected chi connectivity index (χ1v) is 9.65. The average Bonchev–Trinajstić information content (AvgIpc) is 3.24. The Hall–Kier alpha value is -2.84. The molecule has 6 nitrogen and oxygen atoms in total. The fraction of sp³-hybridized carbons (Fsp3) is 0.111. The van der Waals surface area contributed by atoms with Crippen molar-refractivity contribution in [1.82, 2.24) is 20.3 Å². The van der Waals surface area contributed by atoms with E-state index in [-0.39, 0.29) is 12.1 Å². The van der Waals surface area contributed by atoms with Crippen molar-refractivity contribution < 1.29 is 4.79 Å². The van der Waals surface area contributed by atoms with Crippen LogP contribution in [0.4, 0.5) is 9.93 Å². The van der Waals surface area contributed by atoms with Crippen molar-refractivity contribution in [3.05, 3.63) is 60.0 Å². The Morgan fingerprint density at radius 3 is 2.58 bits per heavy atom. The number of thiophene rings is 1. The Morgan fingerprint density at radius 1 is 1.08 bits per heavy atom. The minimum Gasteiger partial charge on any atom is -0.331 e. The number of rotatable bonds is 4. The molecule has 0 saturated heterocycles. The summed E-state index contributed by atoms with van der Waals surface area (Å²) in [5.74, 6) is 0. The van der Waals surface area contributed by atoms with E-state index in [0.29, 0.717) is 5.13 Å². The predicted octanol–water partition coefficient (Wildman–Crippen LogP) is 4.70. The average molecular weight is 381 g/mol. The van der Waals surface area contributed by atoms with E-state index in [9.17, 15) is 4.79 Å². The van der Waals surface area contributed by atoms with E-state index in [1.165, 1.54) is 17.7 Å². The summed E-state index contributed by atoms with van der Waals surface area (Å²) in [6.07, 6.45) is 5.06. The van der Waals surface area contributed by atoms with E-state index in [0.717, 1.165) is 26.2 Å². The van der Waals surface area contributed by atoms with Crippen LogP contribution in [0.1, 0.15) is 18.5 Å². The molecule has 8 heteroatoms. The lowest BCUT2D eigenvalue weighted by molar-refractivity contribution is 0.249. The van der Waals surface area contributed by atoms with Gasteiger partial charge in [0.25, 0.3) is 0 Å². The molecule has 0 aliphatic heterocycles. The lowest BCUT2D eigenvalue weighted by Crippen LogP contribution is -2.31. The second kappa shape index (κ2) is 7.19. The SMILES string of the molecule is CC(NC(=O)Nc1nc2ccsc2s1)c1ccc(-c2cncnc2)cc1. The van der Waals surface area contributed by atoms with Crippen LogP contribution in [0.3, 0.4) is 0 Å². The maximum absolute atomic E-state index is 12.2. The van der Waals surface area contributed by atoms with E-state index >= 15 is 0 Å². The second-order valence-electron chi connectivity index (χ2n) is 5.68. The fourth-order valence-electron chi connectivity index (χ4n) is 2.55. The van der Waals surface area contributed by atoms with Gasteiger partial charge in [0, 0.05) is 18.0 Å². The topological polar surface area (TPSA) is 79.8 Å². The van der Waals surface area contributed by atoms with Gasteiger partial charge in [-0.15, -0.1) is 11.3 Å². The molecule has 1 aromatic carbocycles. The molecular weight excluding hydrogens is 366 g/mol. The van der Waals surface area contributed by atoms with Gasteiger partial charge in [0.1, 0.15) is 10.3 Å². The standard InChI is InChI=1S/C18H15N5OS2/c1-11(12-2-4-13(5-3-12)14-8-19-10-20-9-14)21-17(24)23-18-22-15-6-7-25-16(15)26-18/h2-11H,1H3,(H2,21,22,23,24). The molecule has 130 valence electrons. The molecule has 1 unspecified atom stereocenters. The Labute approximate surface area is 158 Å². The highest BCUT2D eigenvalue weighted by Crippen LogP contribution is 2.30. The highest BCUT2D eigenvalue weighted by Gasteiger charge is 2.12. The first-order chi connectivity index (χ1) is 12.7. The van der Waals surface area contributed by atoms with Crippen LogP contribution in [-0.2, 0) is 0 Å². The third kappa shape index (κ3) is 3.56. The van der Waals surface area contributed by atoms with Crippen LogP contribution in [0.2, 0.25) is 0 Å². The van der Waals surface area contributed by atoms with Crippen molar-refractivity contribution in [3.63, 3.8) is 0 Å². The predicted molar refractivity (Wildman–Crippen MR) is 106 cm³/mol. The van der Waals surface area contributed by atoms with Crippen LogP contribution in [-0.4, -0.2) is 21.0 Å². The molecule has 3 heterocycles. The van der Waals surface area contributed by atoms with Gasteiger partial charge in [-0.1, -0.05) is 35.6 Å². The van der Waals surface area contributed by atoms with Crippen molar-refractivity contribution in [2.45, 2.75) is 13.0 Å². The number of aromatic nitrogens is 3. The molecule has 0 bridgehead atoms. The summed E-state index contributed by atoms with van der Waals surface area (Å²) in [4.78, 5) is 24.7. The number of nitrogens with one attached hydrogen (secondary N) is 2. The van der Waals surface area contributed by atoms with Gasteiger partial charge in [0.05, 0.1) is 11.6 Å². The van der Waals surface area contributed by atoms with Gasteiger partial charge >= 0.3 is 6.03 Å². The van der Waals surface area contributed by atoms with Crippen LogP contribution in [0.15, 0.2) is 54.4 Å². The van der Waals surface area contributed by atoms with Gasteiger partial charge < -0.3 is 5.32 Å². The molecule has 26 heavy (non-hydrogen) atoms.